The van der Waals surface area contributed by atoms with Crippen molar-refractivity contribution in [1.29, 1.82) is 0 Å². The molecule has 1 amide bonds. The molecule has 0 unspecified atom stereocenters. The topological polar surface area (TPSA) is 69.0 Å². The normalized spacial score (nSPS) is 13.7. The van der Waals surface area contributed by atoms with Gasteiger partial charge in [-0.1, -0.05) is 0 Å². The highest BCUT2D eigenvalue weighted by Gasteiger charge is 2.16. The van der Waals surface area contributed by atoms with E-state index >= 15 is 0 Å². The monoisotopic (exact) mass is 322 g/mol. The van der Waals surface area contributed by atoms with Crippen LogP contribution in [0.15, 0.2) is 24.5 Å². The van der Waals surface area contributed by atoms with Crippen molar-refractivity contribution in [3.8, 4) is 5.88 Å². The predicted octanol–water partition coefficient (Wildman–Crippen LogP) is 2.51. The SMILES string of the molecule is O=C(Nc1cnc2n1CCCC2)c1ccnc(OCC(F)F)c1. The summed E-state index contributed by atoms with van der Waals surface area (Å²) in [4.78, 5) is 20.4. The number of aryl methyl sites for hydroxylation is 1. The van der Waals surface area contributed by atoms with Crippen molar-refractivity contribution in [1.82, 2.24) is 14.5 Å². The Morgan fingerprint density at radius 3 is 3.09 bits per heavy atom. The molecule has 0 fully saturated rings. The van der Waals surface area contributed by atoms with Crippen LogP contribution in [-0.4, -0.2) is 33.5 Å². The number of ether oxygens (including phenoxy) is 1. The van der Waals surface area contributed by atoms with E-state index in [9.17, 15) is 13.6 Å². The molecule has 6 nitrogen and oxygen atoms in total. The summed E-state index contributed by atoms with van der Waals surface area (Å²) in [5.74, 6) is 1.23. The van der Waals surface area contributed by atoms with Crippen molar-refractivity contribution in [3.63, 3.8) is 0 Å². The first-order chi connectivity index (χ1) is 11.1. The number of halogens is 2. The highest BCUT2D eigenvalue weighted by atomic mass is 19.3. The number of imidazole rings is 1. The Hall–Kier alpha value is -2.51. The van der Waals surface area contributed by atoms with Gasteiger partial charge < -0.3 is 14.6 Å². The van der Waals surface area contributed by atoms with Crippen molar-refractivity contribution >= 4 is 11.7 Å². The molecule has 1 N–H and O–H groups in total. The predicted molar refractivity (Wildman–Crippen MR) is 78.9 cm³/mol. The van der Waals surface area contributed by atoms with Crippen LogP contribution >= 0.6 is 0 Å². The summed E-state index contributed by atoms with van der Waals surface area (Å²) in [5, 5.41) is 2.79. The third-order valence-corrected chi connectivity index (χ3v) is 3.57. The minimum absolute atomic E-state index is 0.00624. The van der Waals surface area contributed by atoms with Crippen LogP contribution < -0.4 is 10.1 Å². The van der Waals surface area contributed by atoms with Gasteiger partial charge in [0.05, 0.1) is 6.20 Å². The van der Waals surface area contributed by atoms with E-state index in [0.29, 0.717) is 5.82 Å². The molecule has 3 rings (SSSR count). The number of nitrogens with zero attached hydrogens (tertiary/aromatic N) is 3. The smallest absolute Gasteiger partial charge is 0.272 e. The van der Waals surface area contributed by atoms with Gasteiger partial charge in [-0.25, -0.2) is 18.7 Å². The second kappa shape index (κ2) is 6.72. The first-order valence-electron chi connectivity index (χ1n) is 7.36. The molecule has 2 aromatic rings. The number of aromatic nitrogens is 3. The molecule has 3 heterocycles. The molecule has 23 heavy (non-hydrogen) atoms. The van der Waals surface area contributed by atoms with E-state index in [1.165, 1.54) is 18.3 Å². The lowest BCUT2D eigenvalue weighted by Crippen LogP contribution is -2.18. The lowest BCUT2D eigenvalue weighted by molar-refractivity contribution is 0.0795. The number of alkyl halides is 2. The van der Waals surface area contributed by atoms with Crippen LogP contribution in [0.3, 0.4) is 0 Å². The zero-order valence-electron chi connectivity index (χ0n) is 12.3. The Kier molecular flexibility index (Phi) is 4.50. The molecule has 0 spiro atoms. The summed E-state index contributed by atoms with van der Waals surface area (Å²) in [5.41, 5.74) is 0.288. The van der Waals surface area contributed by atoms with Crippen LogP contribution in [0.5, 0.6) is 5.88 Å². The Bertz CT molecular complexity index is 703. The first-order valence-corrected chi connectivity index (χ1v) is 7.36. The van der Waals surface area contributed by atoms with Crippen molar-refractivity contribution in [2.24, 2.45) is 0 Å². The van der Waals surface area contributed by atoms with E-state index in [1.54, 1.807) is 6.20 Å². The zero-order valence-corrected chi connectivity index (χ0v) is 12.3. The van der Waals surface area contributed by atoms with Crippen molar-refractivity contribution in [2.75, 3.05) is 11.9 Å². The van der Waals surface area contributed by atoms with Gasteiger partial charge in [-0.05, 0) is 18.9 Å². The number of pyridine rings is 1. The molecule has 0 aliphatic carbocycles. The number of anilines is 1. The average Bonchev–Trinajstić information content (AvgIpc) is 2.96. The van der Waals surface area contributed by atoms with Crippen LogP contribution in [0, 0.1) is 0 Å². The number of carbonyl (C=O) groups excluding carboxylic acids is 1. The highest BCUT2D eigenvalue weighted by molar-refractivity contribution is 6.03. The Labute approximate surface area is 131 Å². The molecule has 0 bridgehead atoms. The van der Waals surface area contributed by atoms with Gasteiger partial charge in [0.2, 0.25) is 5.88 Å². The maximum absolute atomic E-state index is 12.3. The van der Waals surface area contributed by atoms with E-state index in [-0.39, 0.29) is 17.4 Å². The highest BCUT2D eigenvalue weighted by Crippen LogP contribution is 2.20. The van der Waals surface area contributed by atoms with E-state index < -0.39 is 13.0 Å². The molecule has 0 aromatic carbocycles. The average molecular weight is 322 g/mol. The molecule has 1 aliphatic rings. The third kappa shape index (κ3) is 3.64. The number of carbonyl (C=O) groups is 1. The van der Waals surface area contributed by atoms with Gasteiger partial charge in [0.1, 0.15) is 11.6 Å². The maximum atomic E-state index is 12.3. The summed E-state index contributed by atoms with van der Waals surface area (Å²) in [6, 6.07) is 2.84. The molecule has 0 atom stereocenters. The second-order valence-electron chi connectivity index (χ2n) is 5.21. The molecule has 0 saturated carbocycles. The van der Waals surface area contributed by atoms with Crippen LogP contribution in [0.4, 0.5) is 14.6 Å². The zero-order chi connectivity index (χ0) is 16.2. The Morgan fingerprint density at radius 2 is 2.26 bits per heavy atom. The molecule has 1 aliphatic heterocycles. The molecular weight excluding hydrogens is 306 g/mol. The Morgan fingerprint density at radius 1 is 1.39 bits per heavy atom. The maximum Gasteiger partial charge on any atom is 0.272 e. The number of rotatable bonds is 5. The largest absolute Gasteiger partial charge is 0.472 e. The fraction of sp³-hybridized carbons (Fsp3) is 0.400. The number of amides is 1. The number of fused-ring (bicyclic) bond motifs is 1. The van der Waals surface area contributed by atoms with Crippen molar-refractivity contribution in [2.45, 2.75) is 32.2 Å². The molecule has 0 radical (unpaired) electrons. The molecule has 2 aromatic heterocycles. The standard InChI is InChI=1S/C15H16F2N4O2/c16-11(17)9-23-14-7-10(4-5-18-14)15(22)20-13-8-19-12-3-1-2-6-21(12)13/h4-5,7-8,11H,1-3,6,9H2,(H,20,22). The van der Waals surface area contributed by atoms with Crippen molar-refractivity contribution < 1.29 is 18.3 Å². The van der Waals surface area contributed by atoms with Gasteiger partial charge in [-0.2, -0.15) is 0 Å². The summed E-state index contributed by atoms with van der Waals surface area (Å²) in [6.45, 7) is 0.0677. The van der Waals surface area contributed by atoms with Gasteiger partial charge >= 0.3 is 0 Å². The van der Waals surface area contributed by atoms with Crippen LogP contribution in [0.2, 0.25) is 0 Å². The van der Waals surface area contributed by atoms with Gasteiger partial charge in [0.15, 0.2) is 6.61 Å². The van der Waals surface area contributed by atoms with E-state index in [2.05, 4.69) is 15.3 Å². The quantitative estimate of drug-likeness (QED) is 0.918. The van der Waals surface area contributed by atoms with Gasteiger partial charge in [0, 0.05) is 30.8 Å². The number of nitrogens with one attached hydrogen (secondary N) is 1. The van der Waals surface area contributed by atoms with Crippen LogP contribution in [0.25, 0.3) is 0 Å². The van der Waals surface area contributed by atoms with Gasteiger partial charge in [-0.15, -0.1) is 0 Å². The summed E-state index contributed by atoms with van der Waals surface area (Å²) < 4.78 is 31.1. The minimum Gasteiger partial charge on any atom is -0.472 e. The summed E-state index contributed by atoms with van der Waals surface area (Å²) in [7, 11) is 0. The third-order valence-electron chi connectivity index (χ3n) is 3.57. The van der Waals surface area contributed by atoms with Gasteiger partial charge in [0.25, 0.3) is 12.3 Å². The second-order valence-corrected chi connectivity index (χ2v) is 5.21. The van der Waals surface area contributed by atoms with Crippen molar-refractivity contribution in [3.05, 3.63) is 35.9 Å². The Balaban J connectivity index is 1.71. The van der Waals surface area contributed by atoms with Crippen LogP contribution in [0.1, 0.15) is 29.0 Å². The van der Waals surface area contributed by atoms with E-state index in [4.69, 9.17) is 4.74 Å². The molecule has 8 heteroatoms. The molecule has 122 valence electrons. The molecular formula is C15H16F2N4O2. The molecule has 0 saturated heterocycles. The fourth-order valence-corrected chi connectivity index (χ4v) is 2.48. The fourth-order valence-electron chi connectivity index (χ4n) is 2.48. The summed E-state index contributed by atoms with van der Waals surface area (Å²) >= 11 is 0. The minimum atomic E-state index is -2.59. The lowest BCUT2D eigenvalue weighted by atomic mass is 10.2. The van der Waals surface area contributed by atoms with Crippen LogP contribution in [-0.2, 0) is 13.0 Å². The lowest BCUT2D eigenvalue weighted by Gasteiger charge is -2.16. The van der Waals surface area contributed by atoms with Gasteiger partial charge in [-0.3, -0.25) is 4.79 Å². The van der Waals surface area contributed by atoms with E-state index in [0.717, 1.165) is 31.6 Å². The summed E-state index contributed by atoms with van der Waals surface area (Å²) in [6.07, 6.45) is 3.44. The number of hydrogen-bond acceptors (Lipinski definition) is 4. The number of hydrogen-bond donors (Lipinski definition) is 1. The van der Waals surface area contributed by atoms with E-state index in [1.807, 2.05) is 4.57 Å². The first kappa shape index (κ1) is 15.4.